The first-order chi connectivity index (χ1) is 14.2. The molecule has 2 N–H and O–H groups in total. The number of nitrogens with one attached hydrogen (secondary N) is 2. The molecular weight excluding hydrogens is 364 g/mol. The summed E-state index contributed by atoms with van der Waals surface area (Å²) in [4.78, 5) is 21.2. The second-order valence-corrected chi connectivity index (χ2v) is 7.55. The van der Waals surface area contributed by atoms with Gasteiger partial charge in [0.05, 0.1) is 6.54 Å². The maximum Gasteiger partial charge on any atom is 0.251 e. The first-order valence-electron chi connectivity index (χ1n) is 10.2. The van der Waals surface area contributed by atoms with E-state index in [9.17, 15) is 4.79 Å². The van der Waals surface area contributed by atoms with Crippen molar-refractivity contribution >= 4 is 11.9 Å². The number of rotatable bonds is 6. The van der Waals surface area contributed by atoms with Gasteiger partial charge in [0.15, 0.2) is 0 Å². The number of carbonyl (C=O) groups is 1. The van der Waals surface area contributed by atoms with E-state index in [1.165, 1.54) is 32.1 Å². The lowest BCUT2D eigenvalue weighted by atomic mass is 9.96. The normalized spacial score (nSPS) is 14.5. The SMILES string of the molecule is Cc1ccc(CNC(=O)c2ccc(-c3cnc(NC4CCCCC4)nc3)cc2)o1. The van der Waals surface area contributed by atoms with Crippen molar-refractivity contribution in [2.75, 3.05) is 5.32 Å². The van der Waals surface area contributed by atoms with Gasteiger partial charge in [-0.15, -0.1) is 0 Å². The number of anilines is 1. The van der Waals surface area contributed by atoms with Crippen LogP contribution in [0, 0.1) is 6.92 Å². The number of hydrogen-bond donors (Lipinski definition) is 2. The quantitative estimate of drug-likeness (QED) is 0.637. The lowest BCUT2D eigenvalue weighted by molar-refractivity contribution is 0.0948. The zero-order chi connectivity index (χ0) is 20.1. The molecule has 2 heterocycles. The van der Waals surface area contributed by atoms with Crippen LogP contribution in [-0.4, -0.2) is 21.9 Å². The van der Waals surface area contributed by atoms with E-state index in [2.05, 4.69) is 20.6 Å². The van der Waals surface area contributed by atoms with Crippen molar-refractivity contribution in [3.8, 4) is 11.1 Å². The molecule has 1 aliphatic carbocycles. The Hall–Kier alpha value is -3.15. The summed E-state index contributed by atoms with van der Waals surface area (Å²) in [6.07, 6.45) is 9.91. The average Bonchev–Trinajstić information content (AvgIpc) is 3.19. The van der Waals surface area contributed by atoms with E-state index >= 15 is 0 Å². The van der Waals surface area contributed by atoms with E-state index in [1.54, 1.807) is 0 Å². The molecule has 6 nitrogen and oxygen atoms in total. The maximum absolute atomic E-state index is 12.3. The number of benzene rings is 1. The van der Waals surface area contributed by atoms with Gasteiger partial charge in [0.2, 0.25) is 5.95 Å². The van der Waals surface area contributed by atoms with Gasteiger partial charge < -0.3 is 15.1 Å². The predicted molar refractivity (Wildman–Crippen MR) is 113 cm³/mol. The van der Waals surface area contributed by atoms with Gasteiger partial charge in [0.1, 0.15) is 11.5 Å². The van der Waals surface area contributed by atoms with Crippen LogP contribution in [0.3, 0.4) is 0 Å². The van der Waals surface area contributed by atoms with Crippen LogP contribution in [0.15, 0.2) is 53.2 Å². The number of furan rings is 1. The molecule has 4 rings (SSSR count). The molecule has 1 aliphatic rings. The van der Waals surface area contributed by atoms with Gasteiger partial charge >= 0.3 is 0 Å². The van der Waals surface area contributed by atoms with Crippen molar-refractivity contribution in [2.45, 2.75) is 51.6 Å². The van der Waals surface area contributed by atoms with Crippen LogP contribution in [0.4, 0.5) is 5.95 Å². The smallest absolute Gasteiger partial charge is 0.251 e. The van der Waals surface area contributed by atoms with Crippen molar-refractivity contribution < 1.29 is 9.21 Å². The molecular formula is C23H26N4O2. The highest BCUT2D eigenvalue weighted by Crippen LogP contribution is 2.22. The van der Waals surface area contributed by atoms with Crippen LogP contribution < -0.4 is 10.6 Å². The number of hydrogen-bond acceptors (Lipinski definition) is 5. The first kappa shape index (κ1) is 19.2. The summed E-state index contributed by atoms with van der Waals surface area (Å²) >= 11 is 0. The molecule has 0 radical (unpaired) electrons. The van der Waals surface area contributed by atoms with E-state index < -0.39 is 0 Å². The molecule has 1 aromatic carbocycles. The van der Waals surface area contributed by atoms with Gasteiger partial charge in [-0.2, -0.15) is 0 Å². The minimum atomic E-state index is -0.131. The van der Waals surface area contributed by atoms with Crippen LogP contribution in [0.5, 0.6) is 0 Å². The molecule has 29 heavy (non-hydrogen) atoms. The van der Waals surface area contributed by atoms with Gasteiger partial charge in [0, 0.05) is 29.6 Å². The standard InChI is InChI=1S/C23H26N4O2/c1-16-7-12-21(29-16)15-24-22(28)18-10-8-17(9-11-18)19-13-25-23(26-14-19)27-20-5-3-2-4-6-20/h7-14,20H,2-6,15H2,1H3,(H,24,28)(H,25,26,27). The minimum absolute atomic E-state index is 0.131. The Kier molecular flexibility index (Phi) is 5.89. The van der Waals surface area contributed by atoms with Crippen molar-refractivity contribution in [1.29, 1.82) is 0 Å². The molecule has 0 aliphatic heterocycles. The zero-order valence-corrected chi connectivity index (χ0v) is 16.6. The lowest BCUT2D eigenvalue weighted by Crippen LogP contribution is -2.23. The van der Waals surface area contributed by atoms with E-state index in [4.69, 9.17) is 4.42 Å². The highest BCUT2D eigenvalue weighted by atomic mass is 16.3. The molecule has 150 valence electrons. The molecule has 2 aromatic heterocycles. The Balaban J connectivity index is 1.35. The highest BCUT2D eigenvalue weighted by molar-refractivity contribution is 5.94. The number of carbonyl (C=O) groups excluding carboxylic acids is 1. The fourth-order valence-electron chi connectivity index (χ4n) is 3.64. The monoisotopic (exact) mass is 390 g/mol. The molecule has 0 saturated heterocycles. The van der Waals surface area contributed by atoms with E-state index in [0.29, 0.717) is 24.1 Å². The molecule has 0 atom stereocenters. The van der Waals surface area contributed by atoms with Crippen LogP contribution >= 0.6 is 0 Å². The molecule has 6 heteroatoms. The van der Waals surface area contributed by atoms with Gasteiger partial charge in [-0.1, -0.05) is 31.4 Å². The largest absolute Gasteiger partial charge is 0.465 e. The van der Waals surface area contributed by atoms with Gasteiger partial charge in [-0.25, -0.2) is 9.97 Å². The lowest BCUT2D eigenvalue weighted by Gasteiger charge is -2.22. The maximum atomic E-state index is 12.3. The van der Waals surface area contributed by atoms with Crippen LogP contribution in [-0.2, 0) is 6.54 Å². The number of aromatic nitrogens is 2. The van der Waals surface area contributed by atoms with Crippen LogP contribution in [0.25, 0.3) is 11.1 Å². The molecule has 3 aromatic rings. The number of aryl methyl sites for hydroxylation is 1. The van der Waals surface area contributed by atoms with Crippen LogP contribution in [0.1, 0.15) is 54.0 Å². The molecule has 0 bridgehead atoms. The van der Waals surface area contributed by atoms with Crippen molar-refractivity contribution in [2.24, 2.45) is 0 Å². The van der Waals surface area contributed by atoms with Crippen molar-refractivity contribution in [3.63, 3.8) is 0 Å². The Morgan fingerprint density at radius 1 is 1.00 bits per heavy atom. The topological polar surface area (TPSA) is 80.0 Å². The summed E-state index contributed by atoms with van der Waals surface area (Å²) in [6.45, 7) is 2.25. The van der Waals surface area contributed by atoms with Crippen molar-refractivity contribution in [1.82, 2.24) is 15.3 Å². The third-order valence-electron chi connectivity index (χ3n) is 5.29. The summed E-state index contributed by atoms with van der Waals surface area (Å²) in [5, 5.41) is 6.30. The van der Waals surface area contributed by atoms with Crippen molar-refractivity contribution in [3.05, 3.63) is 65.9 Å². The third kappa shape index (κ3) is 5.02. The van der Waals surface area contributed by atoms with E-state index in [1.807, 2.05) is 55.7 Å². The first-order valence-corrected chi connectivity index (χ1v) is 10.2. The predicted octanol–water partition coefficient (Wildman–Crippen LogP) is 4.72. The average molecular weight is 390 g/mol. The molecule has 0 spiro atoms. The molecule has 1 fully saturated rings. The summed E-state index contributed by atoms with van der Waals surface area (Å²) in [6, 6.07) is 11.7. The number of amides is 1. The zero-order valence-electron chi connectivity index (χ0n) is 16.6. The molecule has 1 amide bonds. The fraction of sp³-hybridized carbons (Fsp3) is 0.348. The Labute approximate surface area is 170 Å². The molecule has 1 saturated carbocycles. The Morgan fingerprint density at radius 2 is 1.72 bits per heavy atom. The second kappa shape index (κ2) is 8.90. The summed E-state index contributed by atoms with van der Waals surface area (Å²) in [5.41, 5.74) is 2.51. The number of nitrogens with zero attached hydrogens (tertiary/aromatic N) is 2. The Morgan fingerprint density at radius 3 is 2.38 bits per heavy atom. The summed E-state index contributed by atoms with van der Waals surface area (Å²) < 4.78 is 5.47. The molecule has 0 unspecified atom stereocenters. The minimum Gasteiger partial charge on any atom is -0.465 e. The highest BCUT2D eigenvalue weighted by Gasteiger charge is 2.14. The van der Waals surface area contributed by atoms with E-state index in [0.717, 1.165) is 22.6 Å². The van der Waals surface area contributed by atoms with Crippen LogP contribution in [0.2, 0.25) is 0 Å². The van der Waals surface area contributed by atoms with Gasteiger partial charge in [-0.05, 0) is 49.6 Å². The summed E-state index contributed by atoms with van der Waals surface area (Å²) in [7, 11) is 0. The Bertz CT molecular complexity index is 942. The third-order valence-corrected chi connectivity index (χ3v) is 5.29. The van der Waals surface area contributed by atoms with E-state index in [-0.39, 0.29) is 5.91 Å². The summed E-state index contributed by atoms with van der Waals surface area (Å²) in [5.74, 6) is 2.13. The fourth-order valence-corrected chi connectivity index (χ4v) is 3.64. The van der Waals surface area contributed by atoms with Gasteiger partial charge in [-0.3, -0.25) is 4.79 Å². The second-order valence-electron chi connectivity index (χ2n) is 7.55. The van der Waals surface area contributed by atoms with Gasteiger partial charge in [0.25, 0.3) is 5.91 Å².